The predicted octanol–water partition coefficient (Wildman–Crippen LogP) is 0.388. The minimum atomic E-state index is -1.05. The molecule has 0 bridgehead atoms. The molecule has 0 radical (unpaired) electrons. The van der Waals surface area contributed by atoms with Crippen LogP contribution in [0.3, 0.4) is 0 Å². The van der Waals surface area contributed by atoms with E-state index in [2.05, 4.69) is 0 Å². The molecule has 0 aromatic heterocycles. The predicted molar refractivity (Wildman–Crippen MR) is 33.3 cm³/mol. The number of hydrogen-bond acceptors (Lipinski definition) is 3. The molecule has 2 atom stereocenters. The van der Waals surface area contributed by atoms with Crippen LogP contribution in [0.25, 0.3) is 0 Å². The Morgan fingerprint density at radius 1 is 1.70 bits per heavy atom. The fraction of sp³-hybridized carbons (Fsp3) is 0.667. The highest BCUT2D eigenvalue weighted by atomic mass is 16.5. The molecule has 1 unspecified atom stereocenters. The number of carboxylic acids is 1. The van der Waals surface area contributed by atoms with Gasteiger partial charge in [0.05, 0.1) is 6.07 Å². The first kappa shape index (κ1) is 8.92. The topological polar surface area (TPSA) is 70.3 Å². The van der Waals surface area contributed by atoms with Crippen molar-refractivity contribution in [2.75, 3.05) is 0 Å². The number of nitrogens with zero attached hydrogens (tertiary/aromatic N) is 1. The number of aliphatic carboxylic acids is 1. The second-order valence-electron chi connectivity index (χ2n) is 1.89. The van der Waals surface area contributed by atoms with E-state index in [1.807, 2.05) is 0 Å². The Labute approximate surface area is 59.0 Å². The van der Waals surface area contributed by atoms with Gasteiger partial charge in [-0.2, -0.15) is 5.26 Å². The third-order valence-electron chi connectivity index (χ3n) is 0.938. The van der Waals surface area contributed by atoms with Gasteiger partial charge in [0.1, 0.15) is 6.10 Å². The average Bonchev–Trinajstić information content (AvgIpc) is 1.87. The summed E-state index contributed by atoms with van der Waals surface area (Å²) in [5.41, 5.74) is 0. The first-order chi connectivity index (χ1) is 4.57. The highest BCUT2D eigenvalue weighted by Gasteiger charge is 2.13. The molecule has 0 aliphatic heterocycles. The second-order valence-corrected chi connectivity index (χ2v) is 1.89. The third kappa shape index (κ3) is 3.05. The summed E-state index contributed by atoms with van der Waals surface area (Å²) in [6.07, 6.45) is -1.57. The average molecular weight is 143 g/mol. The third-order valence-corrected chi connectivity index (χ3v) is 0.938. The van der Waals surface area contributed by atoms with Crippen molar-refractivity contribution in [3.05, 3.63) is 0 Å². The van der Waals surface area contributed by atoms with Crippen LogP contribution in [-0.4, -0.2) is 23.3 Å². The Kier molecular flexibility index (Phi) is 3.44. The number of nitriles is 1. The molecular weight excluding hydrogens is 134 g/mol. The molecule has 56 valence electrons. The van der Waals surface area contributed by atoms with Crippen LogP contribution in [0.15, 0.2) is 0 Å². The van der Waals surface area contributed by atoms with Gasteiger partial charge in [-0.25, -0.2) is 4.79 Å². The van der Waals surface area contributed by atoms with Gasteiger partial charge < -0.3 is 9.84 Å². The highest BCUT2D eigenvalue weighted by Crippen LogP contribution is 1.95. The van der Waals surface area contributed by atoms with Gasteiger partial charge in [0.15, 0.2) is 6.10 Å². The normalized spacial score (nSPS) is 15.3. The molecule has 4 nitrogen and oxygen atoms in total. The van der Waals surface area contributed by atoms with E-state index in [4.69, 9.17) is 15.1 Å². The molecule has 0 rings (SSSR count). The molecule has 0 aliphatic carbocycles. The summed E-state index contributed by atoms with van der Waals surface area (Å²) in [4.78, 5) is 10.1. The van der Waals surface area contributed by atoms with Crippen LogP contribution in [0.2, 0.25) is 0 Å². The molecule has 0 saturated heterocycles. The number of rotatable bonds is 3. The van der Waals surface area contributed by atoms with Gasteiger partial charge in [-0.1, -0.05) is 0 Å². The second kappa shape index (κ2) is 3.85. The Morgan fingerprint density at radius 2 is 2.20 bits per heavy atom. The van der Waals surface area contributed by atoms with Gasteiger partial charge in [0, 0.05) is 0 Å². The Bertz CT molecular complexity index is 161. The van der Waals surface area contributed by atoms with E-state index >= 15 is 0 Å². The largest absolute Gasteiger partial charge is 0.479 e. The lowest BCUT2D eigenvalue weighted by molar-refractivity contribution is -0.150. The number of hydrogen-bond donors (Lipinski definition) is 1. The maximum absolute atomic E-state index is 10.1. The number of ether oxygens (including phenoxy) is 1. The van der Waals surface area contributed by atoms with E-state index in [1.54, 1.807) is 6.07 Å². The standard InChI is InChI=1S/C6H9NO3/c1-4(3-7)10-5(2)6(8)9/h4-5H,1-2H3,(H,8,9)/t4?,5-/m0/s1. The van der Waals surface area contributed by atoms with Crippen LogP contribution >= 0.6 is 0 Å². The van der Waals surface area contributed by atoms with E-state index in [-0.39, 0.29) is 0 Å². The SMILES string of the molecule is CC(C#N)O[C@@H](C)C(=O)O. The van der Waals surface area contributed by atoms with Crippen LogP contribution < -0.4 is 0 Å². The first-order valence-corrected chi connectivity index (χ1v) is 2.85. The zero-order valence-electron chi connectivity index (χ0n) is 5.87. The molecule has 0 heterocycles. The highest BCUT2D eigenvalue weighted by molar-refractivity contribution is 5.71. The molecule has 4 heteroatoms. The molecule has 0 aromatic carbocycles. The quantitative estimate of drug-likeness (QED) is 0.620. The zero-order valence-corrected chi connectivity index (χ0v) is 5.87. The summed E-state index contributed by atoms with van der Waals surface area (Å²) in [6, 6.07) is 1.77. The Balaban J connectivity index is 3.70. The number of carboxylic acid groups (broad SMARTS) is 1. The molecule has 0 saturated carbocycles. The summed E-state index contributed by atoms with van der Waals surface area (Å²) in [7, 11) is 0. The van der Waals surface area contributed by atoms with Crippen LogP contribution in [0, 0.1) is 11.3 Å². The van der Waals surface area contributed by atoms with Crippen molar-refractivity contribution in [2.24, 2.45) is 0 Å². The van der Waals surface area contributed by atoms with Gasteiger partial charge in [0.25, 0.3) is 0 Å². The van der Waals surface area contributed by atoms with E-state index in [0.29, 0.717) is 0 Å². The van der Waals surface area contributed by atoms with Crippen LogP contribution in [0.5, 0.6) is 0 Å². The maximum Gasteiger partial charge on any atom is 0.332 e. The van der Waals surface area contributed by atoms with Crippen molar-refractivity contribution in [3.63, 3.8) is 0 Å². The first-order valence-electron chi connectivity index (χ1n) is 2.85. The summed E-state index contributed by atoms with van der Waals surface area (Å²) in [5.74, 6) is -1.05. The van der Waals surface area contributed by atoms with Gasteiger partial charge >= 0.3 is 5.97 Å². The molecule has 0 aromatic rings. The van der Waals surface area contributed by atoms with Gasteiger partial charge in [-0.3, -0.25) is 0 Å². The maximum atomic E-state index is 10.1. The fourth-order valence-electron chi connectivity index (χ4n) is 0.395. The smallest absolute Gasteiger partial charge is 0.332 e. The molecule has 1 N–H and O–H groups in total. The lowest BCUT2D eigenvalue weighted by Gasteiger charge is -2.08. The minimum Gasteiger partial charge on any atom is -0.479 e. The fourth-order valence-corrected chi connectivity index (χ4v) is 0.395. The summed E-state index contributed by atoms with van der Waals surface area (Å²) in [5, 5.41) is 16.5. The van der Waals surface area contributed by atoms with Gasteiger partial charge in [-0.05, 0) is 13.8 Å². The lowest BCUT2D eigenvalue weighted by atomic mass is 10.4. The summed E-state index contributed by atoms with van der Waals surface area (Å²) < 4.78 is 4.70. The van der Waals surface area contributed by atoms with E-state index in [9.17, 15) is 4.79 Å². The molecule has 0 aliphatic rings. The molecule has 0 fully saturated rings. The summed E-state index contributed by atoms with van der Waals surface area (Å²) in [6.45, 7) is 2.88. The van der Waals surface area contributed by atoms with Crippen molar-refractivity contribution in [2.45, 2.75) is 26.1 Å². The molecule has 0 amide bonds. The van der Waals surface area contributed by atoms with Crippen LogP contribution in [0.1, 0.15) is 13.8 Å². The van der Waals surface area contributed by atoms with Crippen molar-refractivity contribution in [1.82, 2.24) is 0 Å². The lowest BCUT2D eigenvalue weighted by Crippen LogP contribution is -2.23. The van der Waals surface area contributed by atoms with Crippen LogP contribution in [-0.2, 0) is 9.53 Å². The van der Waals surface area contributed by atoms with Gasteiger partial charge in [0.2, 0.25) is 0 Å². The van der Waals surface area contributed by atoms with Crippen molar-refractivity contribution in [3.8, 4) is 6.07 Å². The van der Waals surface area contributed by atoms with E-state index < -0.39 is 18.2 Å². The Hall–Kier alpha value is -1.08. The van der Waals surface area contributed by atoms with Crippen molar-refractivity contribution in [1.29, 1.82) is 5.26 Å². The minimum absolute atomic E-state index is 0.661. The van der Waals surface area contributed by atoms with E-state index in [0.717, 1.165) is 0 Å². The van der Waals surface area contributed by atoms with Crippen molar-refractivity contribution < 1.29 is 14.6 Å². The molecular formula is C6H9NO3. The zero-order chi connectivity index (χ0) is 8.15. The van der Waals surface area contributed by atoms with Crippen molar-refractivity contribution >= 4 is 5.97 Å². The Morgan fingerprint density at radius 3 is 2.50 bits per heavy atom. The number of carbonyl (C=O) groups is 1. The van der Waals surface area contributed by atoms with Crippen LogP contribution in [0.4, 0.5) is 0 Å². The molecule has 10 heavy (non-hydrogen) atoms. The monoisotopic (exact) mass is 143 g/mol. The summed E-state index contributed by atoms with van der Waals surface area (Å²) >= 11 is 0. The van der Waals surface area contributed by atoms with E-state index in [1.165, 1.54) is 13.8 Å². The van der Waals surface area contributed by atoms with Gasteiger partial charge in [-0.15, -0.1) is 0 Å². The molecule has 0 spiro atoms.